The molecule has 5 nitrogen and oxygen atoms in total. The van der Waals surface area contributed by atoms with E-state index in [9.17, 15) is 0 Å². The van der Waals surface area contributed by atoms with Crippen molar-refractivity contribution in [2.75, 3.05) is 6.54 Å². The number of aromatic nitrogens is 4. The first-order valence-corrected chi connectivity index (χ1v) is 8.67. The second kappa shape index (κ2) is 7.75. The van der Waals surface area contributed by atoms with Gasteiger partial charge in [0.25, 0.3) is 0 Å². The summed E-state index contributed by atoms with van der Waals surface area (Å²) in [5.41, 5.74) is 1.06. The van der Waals surface area contributed by atoms with Crippen LogP contribution in [0.1, 0.15) is 44.3 Å². The molecule has 0 radical (unpaired) electrons. The van der Waals surface area contributed by atoms with Gasteiger partial charge in [-0.1, -0.05) is 43.0 Å². The van der Waals surface area contributed by atoms with Crippen LogP contribution in [-0.2, 0) is 12.8 Å². The van der Waals surface area contributed by atoms with Crippen molar-refractivity contribution >= 4 is 22.9 Å². The molecule has 0 atom stereocenters. The van der Waals surface area contributed by atoms with Crippen LogP contribution in [0.4, 0.5) is 0 Å². The van der Waals surface area contributed by atoms with E-state index < -0.39 is 0 Å². The molecule has 0 saturated carbocycles. The highest BCUT2D eigenvalue weighted by Gasteiger charge is 2.14. The molecule has 0 amide bonds. The van der Waals surface area contributed by atoms with Crippen LogP contribution in [-0.4, -0.2) is 32.4 Å². The lowest BCUT2D eigenvalue weighted by atomic mass is 10.2. The van der Waals surface area contributed by atoms with Gasteiger partial charge in [-0.3, -0.25) is 0 Å². The van der Waals surface area contributed by atoms with E-state index in [1.165, 1.54) is 11.5 Å². The molecule has 2 heterocycles. The first-order chi connectivity index (χ1) is 9.70. The van der Waals surface area contributed by atoms with Crippen molar-refractivity contribution in [2.45, 2.75) is 52.5 Å². The summed E-state index contributed by atoms with van der Waals surface area (Å²) in [6.45, 7) is 7.50. The van der Waals surface area contributed by atoms with Crippen LogP contribution >= 0.6 is 22.9 Å². The zero-order valence-corrected chi connectivity index (χ0v) is 13.9. The van der Waals surface area contributed by atoms with Gasteiger partial charge in [0.05, 0.1) is 5.69 Å². The van der Waals surface area contributed by atoms with E-state index in [-0.39, 0.29) is 0 Å². The number of hydrogen-bond acceptors (Lipinski definition) is 7. The van der Waals surface area contributed by atoms with Crippen LogP contribution in [0.25, 0.3) is 9.88 Å². The van der Waals surface area contributed by atoms with Crippen molar-refractivity contribution in [3.05, 3.63) is 10.7 Å². The number of hydrogen-bond donors (Lipinski definition) is 1. The van der Waals surface area contributed by atoms with Gasteiger partial charge in [0.2, 0.25) is 0 Å². The van der Waals surface area contributed by atoms with E-state index in [0.29, 0.717) is 6.04 Å². The maximum Gasteiger partial charge on any atom is 0.161 e. The van der Waals surface area contributed by atoms with Crippen molar-refractivity contribution < 1.29 is 0 Å². The quantitative estimate of drug-likeness (QED) is 0.759. The van der Waals surface area contributed by atoms with Gasteiger partial charge in [-0.2, -0.15) is 0 Å². The molecule has 2 aromatic rings. The predicted molar refractivity (Wildman–Crippen MR) is 84.3 cm³/mol. The molecule has 7 heteroatoms. The monoisotopic (exact) mass is 311 g/mol. The topological polar surface area (TPSA) is 63.6 Å². The van der Waals surface area contributed by atoms with Crippen molar-refractivity contribution in [2.24, 2.45) is 0 Å². The van der Waals surface area contributed by atoms with Gasteiger partial charge in [-0.15, -0.1) is 15.3 Å². The van der Waals surface area contributed by atoms with Gasteiger partial charge in [0.15, 0.2) is 5.01 Å². The Morgan fingerprint density at radius 3 is 2.75 bits per heavy atom. The lowest BCUT2D eigenvalue weighted by Crippen LogP contribution is -2.23. The molecule has 0 aliphatic carbocycles. The Kier molecular flexibility index (Phi) is 6.00. The Bertz CT molecular complexity index is 520. The molecule has 0 unspecified atom stereocenters. The van der Waals surface area contributed by atoms with Gasteiger partial charge < -0.3 is 5.32 Å². The lowest BCUT2D eigenvalue weighted by molar-refractivity contribution is 0.569. The molecule has 0 aromatic carbocycles. The van der Waals surface area contributed by atoms with Gasteiger partial charge >= 0.3 is 0 Å². The third kappa shape index (κ3) is 4.29. The van der Waals surface area contributed by atoms with E-state index in [4.69, 9.17) is 0 Å². The maximum atomic E-state index is 4.29. The highest BCUT2D eigenvalue weighted by Crippen LogP contribution is 2.29. The van der Waals surface area contributed by atoms with E-state index in [1.54, 1.807) is 11.3 Å². The number of nitrogens with one attached hydrogen (secondary N) is 1. The standard InChI is InChI=1S/C13H21N5S2/c1-4-6-10-12(20-18-15-10)13-17-16-11(19-13)7-5-8-14-9(2)3/h9,14H,4-8H2,1-3H3. The Balaban J connectivity index is 1.93. The van der Waals surface area contributed by atoms with Gasteiger partial charge in [-0.05, 0) is 30.9 Å². The fourth-order valence-electron chi connectivity index (χ4n) is 1.85. The average Bonchev–Trinajstić information content (AvgIpc) is 3.03. The van der Waals surface area contributed by atoms with Crippen molar-refractivity contribution in [3.8, 4) is 9.88 Å². The van der Waals surface area contributed by atoms with Crippen LogP contribution in [0.15, 0.2) is 0 Å². The van der Waals surface area contributed by atoms with Crippen molar-refractivity contribution in [3.63, 3.8) is 0 Å². The lowest BCUT2D eigenvalue weighted by Gasteiger charge is -2.05. The van der Waals surface area contributed by atoms with Gasteiger partial charge in [-0.25, -0.2) is 0 Å². The fourth-order valence-corrected chi connectivity index (χ4v) is 3.52. The molecule has 0 spiro atoms. The third-order valence-corrected chi connectivity index (χ3v) is 4.73. The molecular formula is C13H21N5S2. The number of aryl methyl sites for hydroxylation is 2. The fraction of sp³-hybridized carbons (Fsp3) is 0.692. The first-order valence-electron chi connectivity index (χ1n) is 7.08. The van der Waals surface area contributed by atoms with Crippen molar-refractivity contribution in [1.82, 2.24) is 25.1 Å². The Labute approximate surface area is 128 Å². The summed E-state index contributed by atoms with van der Waals surface area (Å²) in [7, 11) is 0. The zero-order chi connectivity index (χ0) is 14.4. The summed E-state index contributed by atoms with van der Waals surface area (Å²) < 4.78 is 4.04. The van der Waals surface area contributed by atoms with Gasteiger partial charge in [0, 0.05) is 12.5 Å². The predicted octanol–water partition coefficient (Wildman–Crippen LogP) is 2.94. The molecule has 0 fully saturated rings. The molecule has 0 bridgehead atoms. The Morgan fingerprint density at radius 2 is 2.00 bits per heavy atom. The minimum atomic E-state index is 0.542. The van der Waals surface area contributed by atoms with Crippen molar-refractivity contribution in [1.29, 1.82) is 0 Å². The van der Waals surface area contributed by atoms with Crippen LogP contribution in [0.3, 0.4) is 0 Å². The Morgan fingerprint density at radius 1 is 1.15 bits per heavy atom. The van der Waals surface area contributed by atoms with Crippen LogP contribution in [0, 0.1) is 0 Å². The largest absolute Gasteiger partial charge is 0.315 e. The second-order valence-electron chi connectivity index (χ2n) is 5.01. The van der Waals surface area contributed by atoms with E-state index in [2.05, 4.69) is 45.9 Å². The molecule has 2 rings (SSSR count). The number of nitrogens with zero attached hydrogens (tertiary/aromatic N) is 4. The molecular weight excluding hydrogens is 290 g/mol. The SMILES string of the molecule is CCCc1nnsc1-c1nnc(CCCNC(C)C)s1. The summed E-state index contributed by atoms with van der Waals surface area (Å²) in [5, 5.41) is 18.2. The average molecular weight is 311 g/mol. The molecule has 1 N–H and O–H groups in total. The van der Waals surface area contributed by atoms with Gasteiger partial charge in [0.1, 0.15) is 9.88 Å². The van der Waals surface area contributed by atoms with E-state index >= 15 is 0 Å². The summed E-state index contributed by atoms with van der Waals surface area (Å²) in [5.74, 6) is 0. The molecule has 0 aliphatic rings. The highest BCUT2D eigenvalue weighted by molar-refractivity contribution is 7.19. The van der Waals surface area contributed by atoms with E-state index in [0.717, 1.165) is 52.8 Å². The third-order valence-electron chi connectivity index (χ3n) is 2.82. The normalized spacial score (nSPS) is 11.4. The van der Waals surface area contributed by atoms with Crippen LogP contribution in [0.2, 0.25) is 0 Å². The molecule has 0 aliphatic heterocycles. The second-order valence-corrected chi connectivity index (χ2v) is 6.83. The summed E-state index contributed by atoms with van der Waals surface area (Å²) in [4.78, 5) is 1.09. The van der Waals surface area contributed by atoms with Crippen LogP contribution < -0.4 is 5.32 Å². The minimum Gasteiger partial charge on any atom is -0.315 e. The first kappa shape index (κ1) is 15.5. The molecule has 2 aromatic heterocycles. The summed E-state index contributed by atoms with van der Waals surface area (Å²) in [6, 6.07) is 0.542. The molecule has 110 valence electrons. The smallest absolute Gasteiger partial charge is 0.161 e. The summed E-state index contributed by atoms with van der Waals surface area (Å²) in [6.07, 6.45) is 4.10. The highest BCUT2D eigenvalue weighted by atomic mass is 32.1. The molecule has 20 heavy (non-hydrogen) atoms. The number of rotatable bonds is 8. The molecule has 0 saturated heterocycles. The maximum absolute atomic E-state index is 4.29. The Hall–Kier alpha value is -0.920. The minimum absolute atomic E-state index is 0.542. The summed E-state index contributed by atoms with van der Waals surface area (Å²) >= 11 is 3.09. The zero-order valence-electron chi connectivity index (χ0n) is 12.2. The van der Waals surface area contributed by atoms with Crippen LogP contribution in [0.5, 0.6) is 0 Å². The van der Waals surface area contributed by atoms with E-state index in [1.807, 2.05) is 0 Å².